The quantitative estimate of drug-likeness (QED) is 0.0757. The SMILES string of the molecule is CC(=O)c1nn(CC(=O)N2[C@H]3CC[C@H](C3)[C@H]2C(=O)Cc2cccc(Br)n2)c2ccc(-c3cnc(C)nc3)cc12.CC(C)(C)OC(=O)N1[C@H]2CC[C@H](C2)[C@H]1C(=O)Cc1cccc(Br)n1.CC(C)(C)OC(=O)N1[C@H]2CC[C@H](C2)[C@H]1C(=O)O.Cl.O=C(Cc1cccc(Br)n1)[C@H]1N[C@H]2CC[C@@H]1C2.S.S=S.S=S=S. The first-order valence-electron chi connectivity index (χ1n) is 34.1. The van der Waals surface area contributed by atoms with Crippen LogP contribution in [0.5, 0.6) is 0 Å². The molecule has 4 aliphatic heterocycles. The fraction of sp³-hybridized carbons (Fsp3) is 0.528. The van der Waals surface area contributed by atoms with Crippen molar-refractivity contribution < 1.29 is 52.9 Å². The number of carboxylic acids is 1. The molecule has 6 aromatic rings. The van der Waals surface area contributed by atoms with Gasteiger partial charge in [-0.1, -0.05) is 24.3 Å². The lowest BCUT2D eigenvalue weighted by Gasteiger charge is -2.35. The molecule has 12 atom stereocenters. The van der Waals surface area contributed by atoms with Gasteiger partial charge in [0.25, 0.3) is 0 Å². The lowest BCUT2D eigenvalue weighted by atomic mass is 9.92. The predicted octanol–water partition coefficient (Wildman–Crippen LogP) is 12.6. The van der Waals surface area contributed by atoms with Gasteiger partial charge >= 0.3 is 18.2 Å². The van der Waals surface area contributed by atoms with E-state index in [-0.39, 0.29) is 123 Å². The summed E-state index contributed by atoms with van der Waals surface area (Å²) >= 11 is 25.6. The largest absolute Gasteiger partial charge is 0.480 e. The second kappa shape index (κ2) is 38.1. The van der Waals surface area contributed by atoms with Crippen molar-refractivity contribution in [1.29, 1.82) is 0 Å². The van der Waals surface area contributed by atoms with Crippen LogP contribution in [0.1, 0.15) is 159 Å². The number of fused-ring (bicyclic) bond motifs is 9. The maximum Gasteiger partial charge on any atom is 0.411 e. The van der Waals surface area contributed by atoms with Crippen molar-refractivity contribution >= 4 is 185 Å². The smallest absolute Gasteiger partial charge is 0.411 e. The zero-order valence-electron chi connectivity index (χ0n) is 58.9. The molecule has 104 heavy (non-hydrogen) atoms. The highest BCUT2D eigenvalue weighted by molar-refractivity contribution is 9.11. The van der Waals surface area contributed by atoms with Crippen molar-refractivity contribution in [2.75, 3.05) is 0 Å². The molecule has 1 aromatic carbocycles. The van der Waals surface area contributed by atoms with Gasteiger partial charge in [-0.25, -0.2) is 39.3 Å². The molecule has 0 radical (unpaired) electrons. The Labute approximate surface area is 667 Å². The van der Waals surface area contributed by atoms with Crippen LogP contribution in [-0.4, -0.2) is 161 Å². The number of pyridine rings is 3. The maximum absolute atomic E-state index is 13.8. The third kappa shape index (κ3) is 21.7. The monoisotopic (exact) mass is 1750 g/mol. The minimum absolute atomic E-state index is 0. The number of ketones is 4. The number of aliphatic carboxylic acids is 1. The first kappa shape index (κ1) is 85.8. The molecule has 4 saturated heterocycles. The van der Waals surface area contributed by atoms with Gasteiger partial charge in [0.05, 0.1) is 42.9 Å². The van der Waals surface area contributed by atoms with E-state index >= 15 is 0 Å². The fourth-order valence-electron chi connectivity index (χ4n) is 15.8. The third-order valence-corrected chi connectivity index (χ3v) is 21.1. The summed E-state index contributed by atoms with van der Waals surface area (Å²) in [6, 6.07) is 21.8. The van der Waals surface area contributed by atoms with E-state index in [0.29, 0.717) is 61.5 Å². The maximum atomic E-state index is 13.8. The molecule has 32 heteroatoms. The Morgan fingerprint density at radius 3 is 1.42 bits per heavy atom. The molecule has 8 bridgehead atoms. The lowest BCUT2D eigenvalue weighted by Crippen LogP contribution is -2.51. The summed E-state index contributed by atoms with van der Waals surface area (Å²) in [5.74, 6) is 0.879. The normalized spacial score (nSPS) is 23.9. The second-order valence-corrected chi connectivity index (χ2v) is 33.2. The Balaban J connectivity index is 0.000000200. The number of aryl methyl sites for hydroxylation is 1. The Morgan fingerprint density at radius 2 is 1.01 bits per heavy atom. The number of nitrogens with one attached hydrogen (secondary N) is 1. The van der Waals surface area contributed by atoms with E-state index in [2.05, 4.69) is 128 Å². The number of piperidine rings is 4. The Bertz CT molecular complexity index is 4150. The Morgan fingerprint density at radius 1 is 0.587 bits per heavy atom. The Hall–Kier alpha value is -5.48. The number of rotatable bonds is 14. The molecule has 0 spiro atoms. The highest BCUT2D eigenvalue weighted by Crippen LogP contribution is 2.46. The summed E-state index contributed by atoms with van der Waals surface area (Å²) in [5, 5.41) is 17.9. The molecule has 8 aliphatic rings. The molecule has 22 nitrogen and oxygen atoms in total. The summed E-state index contributed by atoms with van der Waals surface area (Å²) in [6.07, 6.45) is 15.3. The van der Waals surface area contributed by atoms with Gasteiger partial charge in [0, 0.05) is 125 Å². The van der Waals surface area contributed by atoms with Crippen LogP contribution in [0.15, 0.2) is 99.0 Å². The van der Waals surface area contributed by atoms with Gasteiger partial charge in [0.2, 0.25) is 5.91 Å². The van der Waals surface area contributed by atoms with Gasteiger partial charge < -0.3 is 24.8 Å². The average Bonchev–Trinajstić information content (AvgIpc) is 1.62. The standard InChI is InChI=1S/C29H27BrN6O3.C18H23BrN2O3.C13H15BrN2O.C12H19NO4.ClH.S3.S2.H2S/c1-16(37)28-23-11-18(20-13-31-17(2)32-14-20)7-9-24(23)35(34-28)15-27(39)36-22-8-6-19(10-22)29(36)25(38)12-21-4-3-5-26(30)33-21;1-18(2,3)24-17(23)21-13-8-7-11(9-13)16(21)14(22)10-12-5-4-6-15(19)20-12;14-12-3-1-2-9(15-12)7-11(17)13-8-4-5-10(6-8)16-13;1-12(2,3)17-11(16)13-8-5-4-7(6-8)9(13)10(14)15;;1-3-2;1-2;/h3-5,7,9,11,13-14,19,22,29H,6,8,10,12,15H2,1-2H3;4-6,11,13,16H,7-10H2,1-3H3;1-3,8,10,13,16H,4-7H2;7-9H,4-6H2,1-3H3,(H,14,15);1H;;;1H2/t19-,22+,29+;11-,13+,16+;8-,10+,13+;7-,8+,9+;;;;/m1111..../s1. The molecule has 2 N–H and O–H groups in total. The van der Waals surface area contributed by atoms with Crippen molar-refractivity contribution in [3.63, 3.8) is 0 Å². The van der Waals surface area contributed by atoms with Crippen LogP contribution in [0, 0.1) is 30.6 Å². The summed E-state index contributed by atoms with van der Waals surface area (Å²) in [4.78, 5) is 127. The molecule has 560 valence electrons. The van der Waals surface area contributed by atoms with Gasteiger partial charge in [0.15, 0.2) is 23.1 Å². The summed E-state index contributed by atoms with van der Waals surface area (Å²) < 4.78 is 14.6. The van der Waals surface area contributed by atoms with Gasteiger partial charge in [0.1, 0.15) is 49.1 Å². The van der Waals surface area contributed by atoms with Crippen LogP contribution in [0.4, 0.5) is 9.59 Å². The van der Waals surface area contributed by atoms with Gasteiger partial charge in [-0.2, -0.15) is 18.6 Å². The molecule has 9 heterocycles. The van der Waals surface area contributed by atoms with Crippen LogP contribution in [0.3, 0.4) is 0 Å². The number of carbonyl (C=O) groups is 8. The van der Waals surface area contributed by atoms with Gasteiger partial charge in [-0.3, -0.25) is 38.5 Å². The first-order valence-corrected chi connectivity index (χ1v) is 40.5. The lowest BCUT2D eigenvalue weighted by molar-refractivity contribution is -0.144. The van der Waals surface area contributed by atoms with E-state index in [1.165, 1.54) is 31.1 Å². The van der Waals surface area contributed by atoms with E-state index in [1.807, 2.05) is 100 Å². The Kier molecular flexibility index (Phi) is 31.4. The van der Waals surface area contributed by atoms with Crippen LogP contribution in [-0.2, 0) is 113 Å². The number of Topliss-reactive ketones (excluding diaryl/α,β-unsaturated/α-hetero) is 4. The minimum atomic E-state index is -0.914. The molecular weight excluding hydrogens is 1660 g/mol. The van der Waals surface area contributed by atoms with E-state index in [9.17, 15) is 43.5 Å². The number of ether oxygens (including phenoxy) is 2. The average molecular weight is 1750 g/mol. The van der Waals surface area contributed by atoms with Crippen molar-refractivity contribution in [3.8, 4) is 11.1 Å². The predicted molar refractivity (Wildman–Crippen MR) is 425 cm³/mol. The molecule has 5 aromatic heterocycles. The molecule has 4 saturated carbocycles. The molecule has 3 amide bonds. The van der Waals surface area contributed by atoms with Gasteiger partial charge in [-0.05, 0) is 251 Å². The van der Waals surface area contributed by atoms with Gasteiger partial charge in [-0.15, -0.1) is 12.4 Å². The molecule has 8 fully saturated rings. The third-order valence-electron chi connectivity index (χ3n) is 19.7. The number of hydrogen-bond donors (Lipinski definition) is 2. The number of halogens is 4. The van der Waals surface area contributed by atoms with Crippen molar-refractivity contribution in [3.05, 3.63) is 128 Å². The van der Waals surface area contributed by atoms with Crippen molar-refractivity contribution in [1.82, 2.24) is 54.7 Å². The van der Waals surface area contributed by atoms with E-state index in [0.717, 1.165) is 93.8 Å². The highest BCUT2D eigenvalue weighted by Gasteiger charge is 2.55. The number of carbonyl (C=O) groups excluding carboxylic acids is 7. The van der Waals surface area contributed by atoms with Crippen LogP contribution < -0.4 is 5.32 Å². The number of amides is 3. The number of nitrogens with zero attached hydrogens (tertiary/aromatic N) is 10. The van der Waals surface area contributed by atoms with E-state index in [4.69, 9.17) is 9.47 Å². The van der Waals surface area contributed by atoms with Crippen molar-refractivity contribution in [2.45, 2.75) is 218 Å². The van der Waals surface area contributed by atoms with E-state index in [1.54, 1.807) is 47.6 Å². The van der Waals surface area contributed by atoms with Crippen molar-refractivity contribution in [2.24, 2.45) is 23.7 Å². The zero-order valence-corrected chi connectivity index (χ0v) is 69.6. The zero-order chi connectivity index (χ0) is 74.1. The minimum Gasteiger partial charge on any atom is -0.480 e. The van der Waals surface area contributed by atoms with E-state index < -0.39 is 35.3 Å². The second-order valence-electron chi connectivity index (χ2n) is 29.0. The van der Waals surface area contributed by atoms with Crippen LogP contribution in [0.2, 0.25) is 0 Å². The topological polar surface area (TPSA) is 279 Å². The number of likely N-dealkylation sites (tertiary alicyclic amines) is 3. The highest BCUT2D eigenvalue weighted by atomic mass is 79.9. The summed E-state index contributed by atoms with van der Waals surface area (Å²) in [7, 11) is 0.917. The summed E-state index contributed by atoms with van der Waals surface area (Å²) in [5.41, 5.74) is 3.81. The summed E-state index contributed by atoms with van der Waals surface area (Å²) in [6.45, 7) is 14.2. The molecular formula is C72H87Br3ClN11O11S6. The number of benzene rings is 1. The fourth-order valence-corrected chi connectivity index (χ4v) is 17.0. The number of hydrogen-bond acceptors (Lipinski definition) is 21. The first-order chi connectivity index (χ1) is 48.4. The molecule has 14 rings (SSSR count). The number of carboxylic acid groups (broad SMARTS) is 1. The van der Waals surface area contributed by atoms with Crippen LogP contribution >= 0.6 is 73.7 Å². The molecule has 0 unspecified atom stereocenters. The van der Waals surface area contributed by atoms with Crippen LogP contribution in [0.25, 0.3) is 22.0 Å². The number of aromatic nitrogens is 7. The molecule has 4 aliphatic carbocycles.